The van der Waals surface area contributed by atoms with Crippen molar-refractivity contribution in [1.29, 1.82) is 0 Å². The number of carbonyl (C=O) groups excluding carboxylic acids is 3. The van der Waals surface area contributed by atoms with Gasteiger partial charge in [0, 0.05) is 28.0 Å². The minimum Gasteiger partial charge on any atom is -0.376 e. The zero-order valence-corrected chi connectivity index (χ0v) is 20.5. The third-order valence-corrected chi connectivity index (χ3v) is 5.12. The Morgan fingerprint density at radius 3 is 2.03 bits per heavy atom. The molecule has 0 heterocycles. The van der Waals surface area contributed by atoms with Gasteiger partial charge in [-0.05, 0) is 69.7 Å². The van der Waals surface area contributed by atoms with Crippen LogP contribution in [0.2, 0.25) is 0 Å². The molecule has 4 N–H and O–H groups in total. The van der Waals surface area contributed by atoms with Gasteiger partial charge in [0.2, 0.25) is 5.91 Å². The van der Waals surface area contributed by atoms with Crippen molar-refractivity contribution in [3.05, 3.63) is 95.6 Å². The maximum atomic E-state index is 12.7. The second-order valence-electron chi connectivity index (χ2n) is 9.37. The summed E-state index contributed by atoms with van der Waals surface area (Å²) in [6.07, 6.45) is 0. The summed E-state index contributed by atoms with van der Waals surface area (Å²) in [6.45, 7) is 7.68. The second kappa shape index (κ2) is 11.3. The van der Waals surface area contributed by atoms with Gasteiger partial charge in [-0.15, -0.1) is 0 Å². The van der Waals surface area contributed by atoms with E-state index in [9.17, 15) is 14.4 Å². The summed E-state index contributed by atoms with van der Waals surface area (Å²) in [5.41, 5.74) is 2.81. The highest BCUT2D eigenvalue weighted by Gasteiger charge is 2.16. The van der Waals surface area contributed by atoms with Crippen LogP contribution in [-0.2, 0) is 4.79 Å². The minimum atomic E-state index is -0.342. The third-order valence-electron chi connectivity index (χ3n) is 5.12. The first kappa shape index (κ1) is 25.5. The number of anilines is 2. The maximum absolute atomic E-state index is 12.7. The van der Waals surface area contributed by atoms with Crippen LogP contribution in [0.5, 0.6) is 0 Å². The number of hydrogen-bond acceptors (Lipinski definition) is 4. The van der Waals surface area contributed by atoms with Crippen LogP contribution >= 0.6 is 0 Å². The molecule has 0 aromatic heterocycles. The lowest BCUT2D eigenvalue weighted by atomic mass is 10.1. The van der Waals surface area contributed by atoms with Crippen LogP contribution in [-0.4, -0.2) is 29.8 Å². The topological polar surface area (TPSA) is 99.3 Å². The molecule has 0 aliphatic carbocycles. The molecule has 7 nitrogen and oxygen atoms in total. The van der Waals surface area contributed by atoms with E-state index in [1.54, 1.807) is 48.5 Å². The fourth-order valence-corrected chi connectivity index (χ4v) is 3.41. The lowest BCUT2D eigenvalue weighted by Crippen LogP contribution is -2.40. The summed E-state index contributed by atoms with van der Waals surface area (Å²) >= 11 is 0. The molecule has 0 aliphatic heterocycles. The van der Waals surface area contributed by atoms with Crippen LogP contribution < -0.4 is 21.3 Å². The molecule has 0 aliphatic rings. The first-order valence-electron chi connectivity index (χ1n) is 11.5. The number of benzene rings is 3. The second-order valence-corrected chi connectivity index (χ2v) is 9.37. The molecule has 0 fully saturated rings. The predicted molar refractivity (Wildman–Crippen MR) is 140 cm³/mol. The van der Waals surface area contributed by atoms with E-state index in [4.69, 9.17) is 0 Å². The summed E-state index contributed by atoms with van der Waals surface area (Å²) < 4.78 is 0. The van der Waals surface area contributed by atoms with Crippen molar-refractivity contribution in [2.75, 3.05) is 17.2 Å². The Bertz CT molecular complexity index is 1190. The SMILES string of the molecule is CC(NC(=O)c1cccc(NC(=O)CNc2cccc(C(=O)NC(C)(C)C)c2)c1)c1ccccc1. The zero-order valence-electron chi connectivity index (χ0n) is 20.5. The van der Waals surface area contributed by atoms with E-state index in [-0.39, 0.29) is 35.8 Å². The molecule has 3 aromatic rings. The Kier molecular flexibility index (Phi) is 8.25. The number of amides is 3. The summed E-state index contributed by atoms with van der Waals surface area (Å²) in [6, 6.07) is 23.3. The van der Waals surface area contributed by atoms with E-state index in [1.165, 1.54) is 0 Å². The molecule has 1 unspecified atom stereocenters. The standard InChI is InChI=1S/C28H32N4O3/c1-19(20-10-6-5-7-11-20)30-26(34)21-12-9-15-24(17-21)31-25(33)18-29-23-14-8-13-22(16-23)27(35)32-28(2,3)4/h5-17,19,29H,18H2,1-4H3,(H,30,34)(H,31,33)(H,32,35). The van der Waals surface area contributed by atoms with Crippen molar-refractivity contribution in [3.63, 3.8) is 0 Å². The van der Waals surface area contributed by atoms with Crippen LogP contribution in [0.15, 0.2) is 78.9 Å². The molecule has 0 spiro atoms. The van der Waals surface area contributed by atoms with Gasteiger partial charge in [-0.2, -0.15) is 0 Å². The fraction of sp³-hybridized carbons (Fsp3) is 0.250. The van der Waals surface area contributed by atoms with Gasteiger partial charge in [0.1, 0.15) is 0 Å². The van der Waals surface area contributed by atoms with Crippen molar-refractivity contribution in [2.45, 2.75) is 39.3 Å². The highest BCUT2D eigenvalue weighted by atomic mass is 16.2. The van der Waals surface area contributed by atoms with Crippen LogP contribution in [0.25, 0.3) is 0 Å². The molecule has 35 heavy (non-hydrogen) atoms. The smallest absolute Gasteiger partial charge is 0.251 e. The molecular weight excluding hydrogens is 440 g/mol. The Morgan fingerprint density at radius 2 is 1.37 bits per heavy atom. The van der Waals surface area contributed by atoms with Gasteiger partial charge in [-0.1, -0.05) is 42.5 Å². The molecule has 1 atom stereocenters. The van der Waals surface area contributed by atoms with Gasteiger partial charge < -0.3 is 21.3 Å². The van der Waals surface area contributed by atoms with Gasteiger partial charge in [-0.3, -0.25) is 14.4 Å². The lowest BCUT2D eigenvalue weighted by molar-refractivity contribution is -0.114. The molecule has 3 rings (SSSR count). The Balaban J connectivity index is 1.55. The van der Waals surface area contributed by atoms with Gasteiger partial charge in [0.15, 0.2) is 0 Å². The molecule has 3 amide bonds. The van der Waals surface area contributed by atoms with E-state index in [0.29, 0.717) is 22.5 Å². The molecular formula is C28H32N4O3. The summed E-state index contributed by atoms with van der Waals surface area (Å²) in [7, 11) is 0. The first-order valence-corrected chi connectivity index (χ1v) is 11.5. The highest BCUT2D eigenvalue weighted by molar-refractivity contribution is 5.98. The highest BCUT2D eigenvalue weighted by Crippen LogP contribution is 2.16. The Labute approximate surface area is 206 Å². The maximum Gasteiger partial charge on any atom is 0.251 e. The van der Waals surface area contributed by atoms with Gasteiger partial charge in [0.05, 0.1) is 12.6 Å². The molecule has 0 bridgehead atoms. The van der Waals surface area contributed by atoms with Crippen molar-refractivity contribution < 1.29 is 14.4 Å². The van der Waals surface area contributed by atoms with Crippen LogP contribution in [0.4, 0.5) is 11.4 Å². The van der Waals surface area contributed by atoms with E-state index in [0.717, 1.165) is 5.56 Å². The van der Waals surface area contributed by atoms with Crippen LogP contribution in [0.1, 0.15) is 60.0 Å². The van der Waals surface area contributed by atoms with E-state index in [2.05, 4.69) is 21.3 Å². The van der Waals surface area contributed by atoms with Crippen molar-refractivity contribution >= 4 is 29.1 Å². The lowest BCUT2D eigenvalue weighted by Gasteiger charge is -2.20. The van der Waals surface area contributed by atoms with Crippen LogP contribution in [0, 0.1) is 0 Å². The first-order chi connectivity index (χ1) is 16.6. The molecule has 0 saturated carbocycles. The molecule has 7 heteroatoms. The van der Waals surface area contributed by atoms with E-state index in [1.807, 2.05) is 58.0 Å². The largest absolute Gasteiger partial charge is 0.376 e. The number of rotatable bonds is 8. The predicted octanol–water partition coefficient (Wildman–Crippen LogP) is 4.76. The third kappa shape index (κ3) is 7.99. The van der Waals surface area contributed by atoms with Gasteiger partial charge in [0.25, 0.3) is 11.8 Å². The number of hydrogen-bond donors (Lipinski definition) is 4. The van der Waals surface area contributed by atoms with Crippen LogP contribution in [0.3, 0.4) is 0 Å². The Hall–Kier alpha value is -4.13. The minimum absolute atomic E-state index is 0.00576. The number of nitrogens with one attached hydrogen (secondary N) is 4. The molecule has 0 saturated heterocycles. The summed E-state index contributed by atoms with van der Waals surface area (Å²) in [5, 5.41) is 11.7. The van der Waals surface area contributed by atoms with Crippen molar-refractivity contribution in [2.24, 2.45) is 0 Å². The summed E-state index contributed by atoms with van der Waals surface area (Å²) in [4.78, 5) is 37.5. The van der Waals surface area contributed by atoms with E-state index >= 15 is 0 Å². The zero-order chi connectivity index (χ0) is 25.4. The normalized spacial score (nSPS) is 11.8. The quantitative estimate of drug-likeness (QED) is 0.380. The van der Waals surface area contributed by atoms with E-state index < -0.39 is 0 Å². The average Bonchev–Trinajstić information content (AvgIpc) is 2.82. The summed E-state index contributed by atoms with van der Waals surface area (Å²) in [5.74, 6) is -0.673. The Morgan fingerprint density at radius 1 is 0.771 bits per heavy atom. The molecule has 3 aromatic carbocycles. The number of carbonyl (C=O) groups is 3. The van der Waals surface area contributed by atoms with Gasteiger partial charge in [-0.25, -0.2) is 0 Å². The molecule has 182 valence electrons. The molecule has 0 radical (unpaired) electrons. The van der Waals surface area contributed by atoms with Crippen molar-refractivity contribution in [3.8, 4) is 0 Å². The average molecular weight is 473 g/mol. The van der Waals surface area contributed by atoms with Gasteiger partial charge >= 0.3 is 0 Å². The van der Waals surface area contributed by atoms with Crippen molar-refractivity contribution in [1.82, 2.24) is 10.6 Å². The monoisotopic (exact) mass is 472 g/mol. The fourth-order valence-electron chi connectivity index (χ4n) is 3.41.